The lowest BCUT2D eigenvalue weighted by molar-refractivity contribution is -0.0424. The van der Waals surface area contributed by atoms with Gasteiger partial charge in [0.05, 0.1) is 25.0 Å². The molecule has 0 saturated carbocycles. The van der Waals surface area contributed by atoms with E-state index in [1.807, 2.05) is 13.8 Å². The van der Waals surface area contributed by atoms with Crippen LogP contribution in [0.2, 0.25) is 0 Å². The first-order chi connectivity index (χ1) is 9.13. The Morgan fingerprint density at radius 1 is 1.58 bits per heavy atom. The van der Waals surface area contributed by atoms with E-state index in [0.29, 0.717) is 25.6 Å². The average Bonchev–Trinajstić information content (AvgIpc) is 2.40. The number of aliphatic hydroxyl groups excluding tert-OH is 1. The van der Waals surface area contributed by atoms with Gasteiger partial charge in [-0.3, -0.25) is 0 Å². The Morgan fingerprint density at radius 2 is 2.37 bits per heavy atom. The Morgan fingerprint density at radius 3 is 3.05 bits per heavy atom. The minimum atomic E-state index is -0.465. The third kappa shape index (κ3) is 3.30. The number of nitrogens with zero attached hydrogens (tertiary/aromatic N) is 3. The van der Waals surface area contributed by atoms with Gasteiger partial charge >= 0.3 is 0 Å². The van der Waals surface area contributed by atoms with E-state index in [0.717, 1.165) is 6.20 Å². The maximum absolute atomic E-state index is 13.9. The lowest BCUT2D eigenvalue weighted by Crippen LogP contribution is -2.48. The first kappa shape index (κ1) is 14.0. The molecule has 106 valence electrons. The van der Waals surface area contributed by atoms with Gasteiger partial charge in [-0.05, 0) is 13.8 Å². The predicted octanol–water partition coefficient (Wildman–Crippen LogP) is 0.633. The molecule has 0 amide bonds. The van der Waals surface area contributed by atoms with Crippen LogP contribution in [0.5, 0.6) is 0 Å². The quantitative estimate of drug-likeness (QED) is 0.836. The van der Waals surface area contributed by atoms with Crippen molar-refractivity contribution in [1.29, 1.82) is 0 Å². The summed E-state index contributed by atoms with van der Waals surface area (Å²) in [5.74, 6) is 0.186. The van der Waals surface area contributed by atoms with Gasteiger partial charge in [0.25, 0.3) is 0 Å². The van der Waals surface area contributed by atoms with Crippen molar-refractivity contribution in [3.05, 3.63) is 12.0 Å². The smallest absolute Gasteiger partial charge is 0.224 e. The SMILES string of the molecule is CCNc1ncc(F)c(N2CC(C)OC(CO)C2)n1. The van der Waals surface area contributed by atoms with Crippen LogP contribution in [0.1, 0.15) is 13.8 Å². The zero-order valence-electron chi connectivity index (χ0n) is 11.1. The molecule has 2 N–H and O–H groups in total. The van der Waals surface area contributed by atoms with Crippen LogP contribution in [0, 0.1) is 5.82 Å². The Balaban J connectivity index is 2.21. The monoisotopic (exact) mass is 270 g/mol. The summed E-state index contributed by atoms with van der Waals surface area (Å²) in [6, 6.07) is 0. The summed E-state index contributed by atoms with van der Waals surface area (Å²) < 4.78 is 19.4. The number of hydrogen-bond donors (Lipinski definition) is 2. The summed E-state index contributed by atoms with van der Waals surface area (Å²) in [4.78, 5) is 9.84. The van der Waals surface area contributed by atoms with Crippen LogP contribution in [0.25, 0.3) is 0 Å². The maximum atomic E-state index is 13.9. The number of rotatable bonds is 4. The molecule has 19 heavy (non-hydrogen) atoms. The van der Waals surface area contributed by atoms with Crippen molar-refractivity contribution in [3.63, 3.8) is 0 Å². The van der Waals surface area contributed by atoms with E-state index < -0.39 is 5.82 Å². The molecule has 0 aliphatic carbocycles. The third-order valence-electron chi connectivity index (χ3n) is 2.89. The van der Waals surface area contributed by atoms with Crippen molar-refractivity contribution in [2.45, 2.75) is 26.1 Å². The Hall–Kier alpha value is -1.47. The molecular formula is C12H19FN4O2. The predicted molar refractivity (Wildman–Crippen MR) is 69.8 cm³/mol. The van der Waals surface area contributed by atoms with E-state index in [-0.39, 0.29) is 24.6 Å². The summed E-state index contributed by atoms with van der Waals surface area (Å²) in [6.07, 6.45) is 0.762. The summed E-state index contributed by atoms with van der Waals surface area (Å²) in [5.41, 5.74) is 0. The number of aliphatic hydroxyl groups is 1. The molecule has 6 nitrogen and oxygen atoms in total. The van der Waals surface area contributed by atoms with Crippen molar-refractivity contribution in [2.75, 3.05) is 36.5 Å². The molecule has 7 heteroatoms. The molecule has 1 saturated heterocycles. The lowest BCUT2D eigenvalue weighted by Gasteiger charge is -2.36. The third-order valence-corrected chi connectivity index (χ3v) is 2.89. The van der Waals surface area contributed by atoms with Crippen molar-refractivity contribution >= 4 is 11.8 Å². The second-order valence-electron chi connectivity index (χ2n) is 4.55. The fourth-order valence-electron chi connectivity index (χ4n) is 2.14. The van der Waals surface area contributed by atoms with Gasteiger partial charge in [-0.1, -0.05) is 0 Å². The molecule has 2 rings (SSSR count). The van der Waals surface area contributed by atoms with Crippen LogP contribution in [0.3, 0.4) is 0 Å². The van der Waals surface area contributed by atoms with Crippen LogP contribution in [-0.4, -0.2) is 53.5 Å². The van der Waals surface area contributed by atoms with Crippen LogP contribution in [0.4, 0.5) is 16.2 Å². The first-order valence-corrected chi connectivity index (χ1v) is 6.41. The first-order valence-electron chi connectivity index (χ1n) is 6.41. The van der Waals surface area contributed by atoms with Crippen LogP contribution < -0.4 is 10.2 Å². The fraction of sp³-hybridized carbons (Fsp3) is 0.667. The molecule has 0 radical (unpaired) electrons. The summed E-state index contributed by atoms with van der Waals surface area (Å²) in [5, 5.41) is 12.1. The summed E-state index contributed by atoms with van der Waals surface area (Å²) in [7, 11) is 0. The number of anilines is 2. The fourth-order valence-corrected chi connectivity index (χ4v) is 2.14. The highest BCUT2D eigenvalue weighted by molar-refractivity contribution is 5.44. The molecule has 0 aromatic carbocycles. The van der Waals surface area contributed by atoms with Crippen LogP contribution >= 0.6 is 0 Å². The number of hydrogen-bond acceptors (Lipinski definition) is 6. The van der Waals surface area contributed by atoms with Crippen molar-refractivity contribution < 1.29 is 14.2 Å². The number of ether oxygens (including phenoxy) is 1. The average molecular weight is 270 g/mol. The van der Waals surface area contributed by atoms with E-state index in [4.69, 9.17) is 4.74 Å². The second kappa shape index (κ2) is 6.12. The topological polar surface area (TPSA) is 70.5 Å². The van der Waals surface area contributed by atoms with E-state index in [1.165, 1.54) is 0 Å². The standard InChI is InChI=1S/C12H19FN4O2/c1-3-14-12-15-4-10(13)11(16-12)17-5-8(2)19-9(6-17)7-18/h4,8-9,18H,3,5-7H2,1-2H3,(H,14,15,16). The Bertz CT molecular complexity index is 432. The zero-order chi connectivity index (χ0) is 13.8. The van der Waals surface area contributed by atoms with Crippen molar-refractivity contribution in [2.24, 2.45) is 0 Å². The molecular weight excluding hydrogens is 251 g/mol. The van der Waals surface area contributed by atoms with Crippen molar-refractivity contribution in [1.82, 2.24) is 9.97 Å². The van der Waals surface area contributed by atoms with Gasteiger partial charge in [-0.25, -0.2) is 9.37 Å². The van der Waals surface area contributed by atoms with E-state index in [9.17, 15) is 9.50 Å². The zero-order valence-corrected chi connectivity index (χ0v) is 11.1. The molecule has 1 aliphatic heterocycles. The van der Waals surface area contributed by atoms with Crippen LogP contribution in [-0.2, 0) is 4.74 Å². The number of halogens is 1. The van der Waals surface area contributed by atoms with Crippen molar-refractivity contribution in [3.8, 4) is 0 Å². The molecule has 0 bridgehead atoms. The molecule has 2 atom stereocenters. The minimum absolute atomic E-state index is 0.0807. The van der Waals surface area contributed by atoms with Gasteiger partial charge in [0.1, 0.15) is 0 Å². The van der Waals surface area contributed by atoms with E-state index in [2.05, 4.69) is 15.3 Å². The second-order valence-corrected chi connectivity index (χ2v) is 4.55. The van der Waals surface area contributed by atoms with Gasteiger partial charge < -0.3 is 20.1 Å². The van der Waals surface area contributed by atoms with E-state index in [1.54, 1.807) is 4.90 Å². The lowest BCUT2D eigenvalue weighted by atomic mass is 10.2. The number of aromatic nitrogens is 2. The normalized spacial score (nSPS) is 23.5. The molecule has 1 aromatic heterocycles. The van der Waals surface area contributed by atoms with E-state index >= 15 is 0 Å². The van der Waals surface area contributed by atoms with Gasteiger partial charge in [0.2, 0.25) is 5.95 Å². The maximum Gasteiger partial charge on any atom is 0.224 e. The van der Waals surface area contributed by atoms with Gasteiger partial charge in [-0.2, -0.15) is 4.98 Å². The Kier molecular flexibility index (Phi) is 4.49. The summed E-state index contributed by atoms with van der Waals surface area (Å²) >= 11 is 0. The number of morpholine rings is 1. The van der Waals surface area contributed by atoms with Gasteiger partial charge in [0, 0.05) is 19.6 Å². The van der Waals surface area contributed by atoms with Crippen LogP contribution in [0.15, 0.2) is 6.20 Å². The highest BCUT2D eigenvalue weighted by atomic mass is 19.1. The van der Waals surface area contributed by atoms with Gasteiger partial charge in [-0.15, -0.1) is 0 Å². The molecule has 0 spiro atoms. The largest absolute Gasteiger partial charge is 0.394 e. The molecule has 1 fully saturated rings. The molecule has 2 heterocycles. The molecule has 1 aliphatic rings. The highest BCUT2D eigenvalue weighted by Gasteiger charge is 2.27. The molecule has 2 unspecified atom stereocenters. The molecule has 1 aromatic rings. The minimum Gasteiger partial charge on any atom is -0.394 e. The Labute approximate surface area is 111 Å². The highest BCUT2D eigenvalue weighted by Crippen LogP contribution is 2.22. The number of nitrogens with one attached hydrogen (secondary N) is 1. The van der Waals surface area contributed by atoms with Gasteiger partial charge in [0.15, 0.2) is 11.6 Å². The summed E-state index contributed by atoms with van der Waals surface area (Å²) in [6.45, 7) is 5.35.